The molecular formula is C28H21ClF2N2O6S. The second-order valence-corrected chi connectivity index (χ2v) is 10.4. The Hall–Kier alpha value is -4.48. The summed E-state index contributed by atoms with van der Waals surface area (Å²) in [6, 6.07) is 21.6. The van der Waals surface area contributed by atoms with Gasteiger partial charge in [0.15, 0.2) is 36.3 Å². The minimum atomic E-state index is -4.51. The number of para-hydroxylation sites is 2. The number of carbonyl (C=O) groups excluding carboxylic acids is 2. The van der Waals surface area contributed by atoms with E-state index in [-0.39, 0.29) is 32.8 Å². The maximum absolute atomic E-state index is 14.0. The van der Waals surface area contributed by atoms with Crippen molar-refractivity contribution in [2.75, 3.05) is 22.8 Å². The van der Waals surface area contributed by atoms with Gasteiger partial charge in [-0.25, -0.2) is 17.2 Å². The number of sulfonamides is 1. The Kier molecular flexibility index (Phi) is 8.97. The fourth-order valence-electron chi connectivity index (χ4n) is 3.50. The minimum Gasteiger partial charge on any atom is -0.481 e. The average molecular weight is 587 g/mol. The molecule has 12 heteroatoms. The lowest BCUT2D eigenvalue weighted by Gasteiger charge is -2.23. The molecule has 4 rings (SSSR count). The Balaban J connectivity index is 1.51. The van der Waals surface area contributed by atoms with Crippen LogP contribution in [0, 0.1) is 11.6 Å². The van der Waals surface area contributed by atoms with Crippen LogP contribution in [0.2, 0.25) is 5.02 Å². The summed E-state index contributed by atoms with van der Waals surface area (Å²) in [6.07, 6.45) is 0. The van der Waals surface area contributed by atoms with Gasteiger partial charge < -0.3 is 14.8 Å². The van der Waals surface area contributed by atoms with E-state index in [2.05, 4.69) is 5.32 Å². The second kappa shape index (κ2) is 12.6. The maximum Gasteiger partial charge on any atom is 0.278 e. The van der Waals surface area contributed by atoms with E-state index >= 15 is 0 Å². The van der Waals surface area contributed by atoms with Crippen molar-refractivity contribution in [3.8, 4) is 11.5 Å². The van der Waals surface area contributed by atoms with E-state index in [4.69, 9.17) is 21.1 Å². The molecule has 0 radical (unpaired) electrons. The lowest BCUT2D eigenvalue weighted by atomic mass is 10.3. The van der Waals surface area contributed by atoms with Crippen molar-refractivity contribution in [1.82, 2.24) is 0 Å². The lowest BCUT2D eigenvalue weighted by Crippen LogP contribution is -2.40. The zero-order valence-corrected chi connectivity index (χ0v) is 22.2. The van der Waals surface area contributed by atoms with Crippen molar-refractivity contribution in [2.24, 2.45) is 0 Å². The lowest BCUT2D eigenvalue weighted by molar-refractivity contribution is -0.119. The number of rotatable bonds is 10. The minimum absolute atomic E-state index is 0.0581. The molecule has 0 spiro atoms. The van der Waals surface area contributed by atoms with E-state index in [9.17, 15) is 26.8 Å². The van der Waals surface area contributed by atoms with E-state index in [1.807, 2.05) is 0 Å². The molecule has 0 saturated heterocycles. The first-order valence-corrected chi connectivity index (χ1v) is 13.5. The zero-order valence-electron chi connectivity index (χ0n) is 20.6. The molecule has 4 aromatic rings. The van der Waals surface area contributed by atoms with E-state index in [0.29, 0.717) is 4.31 Å². The number of halogens is 3. The van der Waals surface area contributed by atoms with Gasteiger partial charge in [0.2, 0.25) is 0 Å². The van der Waals surface area contributed by atoms with Crippen molar-refractivity contribution in [1.29, 1.82) is 0 Å². The van der Waals surface area contributed by atoms with Crippen molar-refractivity contribution < 1.29 is 36.3 Å². The van der Waals surface area contributed by atoms with E-state index in [1.54, 1.807) is 6.07 Å². The van der Waals surface area contributed by atoms with Crippen LogP contribution in [0.15, 0.2) is 102 Å². The molecule has 206 valence electrons. The van der Waals surface area contributed by atoms with Gasteiger partial charge in [-0.05, 0) is 66.7 Å². The molecule has 0 heterocycles. The number of nitrogens with zero attached hydrogens (tertiary/aromatic N) is 1. The average Bonchev–Trinajstić information content (AvgIpc) is 2.92. The highest BCUT2D eigenvalue weighted by atomic mass is 35.5. The van der Waals surface area contributed by atoms with Gasteiger partial charge in [0.25, 0.3) is 21.8 Å². The molecule has 0 fully saturated rings. The molecular weight excluding hydrogens is 566 g/mol. The molecule has 0 unspecified atom stereocenters. The molecule has 0 aliphatic carbocycles. The first-order valence-electron chi connectivity index (χ1n) is 11.6. The largest absolute Gasteiger partial charge is 0.481 e. The third-order valence-electron chi connectivity index (χ3n) is 5.33. The number of hydrogen-bond donors (Lipinski definition) is 1. The predicted octanol–water partition coefficient (Wildman–Crippen LogP) is 5.44. The van der Waals surface area contributed by atoms with E-state index in [0.717, 1.165) is 6.07 Å². The van der Waals surface area contributed by atoms with Gasteiger partial charge in [0.05, 0.1) is 10.6 Å². The summed E-state index contributed by atoms with van der Waals surface area (Å²) in [6.45, 7) is -1.27. The quantitative estimate of drug-likeness (QED) is 0.266. The van der Waals surface area contributed by atoms with Gasteiger partial charge in [-0.3, -0.25) is 9.59 Å². The number of nitrogens with one attached hydrogen (secondary N) is 1. The van der Waals surface area contributed by atoms with Crippen molar-refractivity contribution in [2.45, 2.75) is 4.90 Å². The molecule has 0 aliphatic rings. The van der Waals surface area contributed by atoms with Gasteiger partial charge >= 0.3 is 0 Å². The Morgan fingerprint density at radius 3 is 1.93 bits per heavy atom. The summed E-state index contributed by atoms with van der Waals surface area (Å²) in [4.78, 5) is 25.1. The smallest absolute Gasteiger partial charge is 0.278 e. The van der Waals surface area contributed by atoms with Crippen LogP contribution in [0.1, 0.15) is 0 Å². The van der Waals surface area contributed by atoms with E-state index < -0.39 is 46.7 Å². The third-order valence-corrected chi connectivity index (χ3v) is 7.33. The first kappa shape index (κ1) is 28.5. The molecule has 8 nitrogen and oxygen atoms in total. The molecule has 0 aromatic heterocycles. The van der Waals surface area contributed by atoms with Crippen LogP contribution in [0.4, 0.5) is 20.2 Å². The van der Waals surface area contributed by atoms with Crippen LogP contribution < -0.4 is 19.1 Å². The Labute approximate surface area is 233 Å². The van der Waals surface area contributed by atoms with Crippen LogP contribution >= 0.6 is 11.6 Å². The molecule has 0 bridgehead atoms. The normalized spacial score (nSPS) is 11.0. The maximum atomic E-state index is 14.0. The molecule has 4 aromatic carbocycles. The molecule has 1 N–H and O–H groups in total. The Morgan fingerprint density at radius 2 is 1.35 bits per heavy atom. The number of ether oxygens (including phenoxy) is 2. The first-order chi connectivity index (χ1) is 19.1. The fourth-order valence-corrected chi connectivity index (χ4v) is 5.08. The van der Waals surface area contributed by atoms with E-state index in [1.165, 1.54) is 84.9 Å². The number of carbonyl (C=O) groups is 2. The van der Waals surface area contributed by atoms with Gasteiger partial charge in [0.1, 0.15) is 0 Å². The van der Waals surface area contributed by atoms with Crippen molar-refractivity contribution in [3.05, 3.63) is 114 Å². The van der Waals surface area contributed by atoms with Crippen LogP contribution in [0.25, 0.3) is 0 Å². The standard InChI is InChI=1S/C28H21ClF2N2O6S/c29-19-6-5-7-21(16-19)33(28(35)18-39-26-11-4-2-9-24(26)31)40(36,37)22-14-12-20(13-15-22)32-27(34)17-38-25-10-3-1-8-23(25)30/h1-16H,17-18H2,(H,32,34). The molecule has 0 aliphatic heterocycles. The number of amides is 2. The number of anilines is 2. The monoisotopic (exact) mass is 586 g/mol. The molecule has 2 amide bonds. The molecule has 40 heavy (non-hydrogen) atoms. The van der Waals surface area contributed by atoms with Crippen molar-refractivity contribution in [3.63, 3.8) is 0 Å². The predicted molar refractivity (Wildman–Crippen MR) is 145 cm³/mol. The molecule has 0 saturated carbocycles. The fraction of sp³-hybridized carbons (Fsp3) is 0.0714. The topological polar surface area (TPSA) is 102 Å². The summed E-state index contributed by atoms with van der Waals surface area (Å²) in [5.74, 6) is -3.28. The SMILES string of the molecule is O=C(COc1ccccc1F)Nc1ccc(S(=O)(=O)N(C(=O)COc2ccccc2F)c2cccc(Cl)c2)cc1. The Morgan fingerprint density at radius 1 is 0.775 bits per heavy atom. The van der Waals surface area contributed by atoms with Gasteiger partial charge in [-0.1, -0.05) is 41.9 Å². The third kappa shape index (κ3) is 6.93. The highest BCUT2D eigenvalue weighted by Gasteiger charge is 2.32. The summed E-state index contributed by atoms with van der Waals surface area (Å²) >= 11 is 6.04. The molecule has 0 atom stereocenters. The van der Waals surface area contributed by atoms with Crippen molar-refractivity contribution >= 4 is 44.8 Å². The van der Waals surface area contributed by atoms with Crippen LogP contribution in [0.3, 0.4) is 0 Å². The zero-order chi connectivity index (χ0) is 28.7. The summed E-state index contributed by atoms with van der Waals surface area (Å²) in [5.41, 5.74) is 0.168. The highest BCUT2D eigenvalue weighted by Crippen LogP contribution is 2.28. The summed E-state index contributed by atoms with van der Waals surface area (Å²) in [5, 5.41) is 2.69. The number of hydrogen-bond acceptors (Lipinski definition) is 6. The summed E-state index contributed by atoms with van der Waals surface area (Å²) in [7, 11) is -4.51. The highest BCUT2D eigenvalue weighted by molar-refractivity contribution is 7.93. The Bertz CT molecular complexity index is 1630. The van der Waals surface area contributed by atoms with Crippen LogP contribution in [0.5, 0.6) is 11.5 Å². The van der Waals surface area contributed by atoms with Gasteiger partial charge in [-0.2, -0.15) is 4.31 Å². The second-order valence-electron chi connectivity index (χ2n) is 8.15. The van der Waals surface area contributed by atoms with Crippen LogP contribution in [-0.2, 0) is 19.6 Å². The van der Waals surface area contributed by atoms with Gasteiger partial charge in [0, 0.05) is 10.7 Å². The van der Waals surface area contributed by atoms with Gasteiger partial charge in [-0.15, -0.1) is 0 Å². The summed E-state index contributed by atoms with van der Waals surface area (Å²) < 4.78 is 65.7. The van der Waals surface area contributed by atoms with Crippen LogP contribution in [-0.4, -0.2) is 33.4 Å². The number of benzene rings is 4.